The maximum atomic E-state index is 12.0. The summed E-state index contributed by atoms with van der Waals surface area (Å²) >= 11 is 1.61. The van der Waals surface area contributed by atoms with Crippen molar-refractivity contribution in [2.75, 3.05) is 5.32 Å². The Balaban J connectivity index is 0.00000220. The van der Waals surface area contributed by atoms with Crippen LogP contribution in [0.4, 0.5) is 5.69 Å². The van der Waals surface area contributed by atoms with Crippen LogP contribution >= 0.6 is 23.7 Å². The fourth-order valence-electron chi connectivity index (χ4n) is 1.78. The van der Waals surface area contributed by atoms with Crippen LogP contribution in [0.15, 0.2) is 29.6 Å². The molecule has 0 aliphatic heterocycles. The van der Waals surface area contributed by atoms with Gasteiger partial charge in [-0.3, -0.25) is 4.79 Å². The quantitative estimate of drug-likeness (QED) is 0.904. The summed E-state index contributed by atoms with van der Waals surface area (Å²) < 4.78 is 0. The number of benzene rings is 1. The van der Waals surface area contributed by atoms with Gasteiger partial charge in [0.1, 0.15) is 0 Å². The molecule has 0 unspecified atom stereocenters. The Kier molecular flexibility index (Phi) is 6.33. The first-order chi connectivity index (χ1) is 9.47. The number of anilines is 1. The summed E-state index contributed by atoms with van der Waals surface area (Å²) in [4.78, 5) is 16.4. The third-order valence-electron chi connectivity index (χ3n) is 3.07. The van der Waals surface area contributed by atoms with E-state index in [4.69, 9.17) is 5.73 Å². The first-order valence-electron chi connectivity index (χ1n) is 6.56. The SMILES string of the molecule is Cc1nc(-c2cccc(NC(=O)[C@H](N)C(C)C)c2)cs1.Cl. The van der Waals surface area contributed by atoms with E-state index in [0.717, 1.165) is 22.0 Å². The molecule has 1 aromatic heterocycles. The number of nitrogens with two attached hydrogens (primary N) is 1. The Hall–Kier alpha value is -1.43. The van der Waals surface area contributed by atoms with Crippen LogP contribution in [0.3, 0.4) is 0 Å². The monoisotopic (exact) mass is 325 g/mol. The van der Waals surface area contributed by atoms with E-state index in [0.29, 0.717) is 0 Å². The molecule has 1 atom stereocenters. The third-order valence-corrected chi connectivity index (χ3v) is 3.84. The van der Waals surface area contributed by atoms with Crippen LogP contribution in [-0.2, 0) is 4.79 Å². The summed E-state index contributed by atoms with van der Waals surface area (Å²) in [6.07, 6.45) is 0. The van der Waals surface area contributed by atoms with Crippen molar-refractivity contribution in [1.82, 2.24) is 4.98 Å². The Bertz CT molecular complexity index is 612. The highest BCUT2D eigenvalue weighted by atomic mass is 35.5. The van der Waals surface area contributed by atoms with Gasteiger partial charge in [-0.05, 0) is 25.0 Å². The molecule has 0 saturated heterocycles. The number of rotatable bonds is 4. The van der Waals surface area contributed by atoms with E-state index in [1.807, 2.05) is 50.4 Å². The molecule has 2 rings (SSSR count). The lowest BCUT2D eigenvalue weighted by Crippen LogP contribution is -2.39. The third kappa shape index (κ3) is 4.52. The largest absolute Gasteiger partial charge is 0.325 e. The van der Waals surface area contributed by atoms with Crippen LogP contribution < -0.4 is 11.1 Å². The normalized spacial score (nSPS) is 11.9. The summed E-state index contributed by atoms with van der Waals surface area (Å²) in [5, 5.41) is 5.89. The van der Waals surface area contributed by atoms with Crippen LogP contribution in [0.2, 0.25) is 0 Å². The minimum absolute atomic E-state index is 0. The zero-order valence-corrected chi connectivity index (χ0v) is 13.9. The first kappa shape index (κ1) is 17.6. The van der Waals surface area contributed by atoms with Gasteiger partial charge >= 0.3 is 0 Å². The van der Waals surface area contributed by atoms with Gasteiger partial charge in [0.25, 0.3) is 0 Å². The molecular formula is C15H20ClN3OS. The van der Waals surface area contributed by atoms with Crippen molar-refractivity contribution in [3.05, 3.63) is 34.7 Å². The van der Waals surface area contributed by atoms with Gasteiger partial charge in [0.2, 0.25) is 5.91 Å². The van der Waals surface area contributed by atoms with Gasteiger partial charge in [-0.2, -0.15) is 0 Å². The molecule has 0 aliphatic carbocycles. The second-order valence-corrected chi connectivity index (χ2v) is 6.15. The Labute approximate surface area is 135 Å². The van der Waals surface area contributed by atoms with Crippen LogP contribution in [0.25, 0.3) is 11.3 Å². The van der Waals surface area contributed by atoms with Gasteiger partial charge in [0, 0.05) is 16.6 Å². The second-order valence-electron chi connectivity index (χ2n) is 5.09. The van der Waals surface area contributed by atoms with Gasteiger partial charge < -0.3 is 11.1 Å². The maximum absolute atomic E-state index is 12.0. The molecule has 0 spiro atoms. The van der Waals surface area contributed by atoms with E-state index in [-0.39, 0.29) is 24.2 Å². The highest BCUT2D eigenvalue weighted by molar-refractivity contribution is 7.09. The fourth-order valence-corrected chi connectivity index (χ4v) is 2.40. The van der Waals surface area contributed by atoms with Crippen molar-refractivity contribution >= 4 is 35.3 Å². The van der Waals surface area contributed by atoms with Gasteiger partial charge in [-0.1, -0.05) is 26.0 Å². The van der Waals surface area contributed by atoms with E-state index in [1.54, 1.807) is 11.3 Å². The van der Waals surface area contributed by atoms with Crippen molar-refractivity contribution < 1.29 is 4.79 Å². The molecule has 1 aromatic carbocycles. The van der Waals surface area contributed by atoms with Crippen molar-refractivity contribution in [3.63, 3.8) is 0 Å². The maximum Gasteiger partial charge on any atom is 0.241 e. The number of halogens is 1. The van der Waals surface area contributed by atoms with Crippen molar-refractivity contribution in [2.45, 2.75) is 26.8 Å². The molecule has 6 heteroatoms. The average Bonchev–Trinajstić information content (AvgIpc) is 2.84. The molecule has 21 heavy (non-hydrogen) atoms. The van der Waals surface area contributed by atoms with Gasteiger partial charge in [-0.25, -0.2) is 4.98 Å². The molecule has 3 N–H and O–H groups in total. The van der Waals surface area contributed by atoms with Crippen LogP contribution in [0, 0.1) is 12.8 Å². The Morgan fingerprint density at radius 2 is 2.10 bits per heavy atom. The number of nitrogens with one attached hydrogen (secondary N) is 1. The number of thiazole rings is 1. The minimum atomic E-state index is -0.500. The molecule has 0 bridgehead atoms. The van der Waals surface area contributed by atoms with Crippen LogP contribution in [0.1, 0.15) is 18.9 Å². The smallest absolute Gasteiger partial charge is 0.241 e. The number of carbonyl (C=O) groups is 1. The van der Waals surface area contributed by atoms with E-state index in [2.05, 4.69) is 10.3 Å². The molecule has 0 radical (unpaired) electrons. The second kappa shape index (κ2) is 7.54. The van der Waals surface area contributed by atoms with Gasteiger partial charge in [0.05, 0.1) is 16.7 Å². The van der Waals surface area contributed by atoms with Gasteiger partial charge in [0.15, 0.2) is 0 Å². The highest BCUT2D eigenvalue weighted by Gasteiger charge is 2.17. The molecular weight excluding hydrogens is 306 g/mol. The van der Waals surface area contributed by atoms with E-state index < -0.39 is 6.04 Å². The summed E-state index contributed by atoms with van der Waals surface area (Å²) in [5.41, 5.74) is 8.50. The molecule has 1 amide bonds. The van der Waals surface area contributed by atoms with E-state index in [1.165, 1.54) is 0 Å². The lowest BCUT2D eigenvalue weighted by molar-refractivity contribution is -0.118. The molecule has 114 valence electrons. The zero-order valence-electron chi connectivity index (χ0n) is 12.3. The van der Waals surface area contributed by atoms with E-state index >= 15 is 0 Å². The first-order valence-corrected chi connectivity index (χ1v) is 7.44. The zero-order chi connectivity index (χ0) is 14.7. The predicted octanol–water partition coefficient (Wildman–Crippen LogP) is 3.46. The molecule has 2 aromatic rings. The van der Waals surface area contributed by atoms with Gasteiger partial charge in [-0.15, -0.1) is 23.7 Å². The topological polar surface area (TPSA) is 68.0 Å². The molecule has 0 aliphatic rings. The number of carbonyl (C=O) groups excluding carboxylic acids is 1. The van der Waals surface area contributed by atoms with Crippen molar-refractivity contribution in [3.8, 4) is 11.3 Å². The molecule has 4 nitrogen and oxygen atoms in total. The van der Waals surface area contributed by atoms with Crippen LogP contribution in [0.5, 0.6) is 0 Å². The van der Waals surface area contributed by atoms with Crippen LogP contribution in [-0.4, -0.2) is 16.9 Å². The summed E-state index contributed by atoms with van der Waals surface area (Å²) in [6.45, 7) is 5.83. The van der Waals surface area contributed by atoms with E-state index in [9.17, 15) is 4.79 Å². The number of hydrogen-bond donors (Lipinski definition) is 2. The lowest BCUT2D eigenvalue weighted by Gasteiger charge is -2.15. The van der Waals surface area contributed by atoms with Crippen molar-refractivity contribution in [2.24, 2.45) is 11.7 Å². The minimum Gasteiger partial charge on any atom is -0.325 e. The summed E-state index contributed by atoms with van der Waals surface area (Å²) in [7, 11) is 0. The van der Waals surface area contributed by atoms with Crippen molar-refractivity contribution in [1.29, 1.82) is 0 Å². The average molecular weight is 326 g/mol. The summed E-state index contributed by atoms with van der Waals surface area (Å²) in [5.74, 6) is -0.0500. The Morgan fingerprint density at radius 1 is 1.38 bits per heavy atom. The summed E-state index contributed by atoms with van der Waals surface area (Å²) in [6, 6.07) is 7.15. The number of nitrogens with zero attached hydrogens (tertiary/aromatic N) is 1. The number of aromatic nitrogens is 1. The fraction of sp³-hybridized carbons (Fsp3) is 0.333. The predicted molar refractivity (Wildman–Crippen MR) is 91.0 cm³/mol. The number of hydrogen-bond acceptors (Lipinski definition) is 4. The molecule has 0 saturated carbocycles. The lowest BCUT2D eigenvalue weighted by atomic mass is 10.0. The number of aryl methyl sites for hydroxylation is 1. The molecule has 0 fully saturated rings. The molecule has 1 heterocycles. The highest BCUT2D eigenvalue weighted by Crippen LogP contribution is 2.24. The number of amides is 1. The Morgan fingerprint density at radius 3 is 2.67 bits per heavy atom. The standard InChI is InChI=1S/C15H19N3OS.ClH/c1-9(2)14(16)15(19)18-12-6-4-5-11(7-12)13-8-20-10(3)17-13;/h4-9,14H,16H2,1-3H3,(H,18,19);1H/t14-;/m1./s1.